The number of hydrogen-bond acceptors (Lipinski definition) is 6. The average molecular weight is 470 g/mol. The van der Waals surface area contributed by atoms with Gasteiger partial charge in [0, 0.05) is 10.8 Å². The highest BCUT2D eigenvalue weighted by Crippen LogP contribution is 2.44. The number of carbonyl (C=O) groups is 2. The molecule has 0 radical (unpaired) electrons. The lowest BCUT2D eigenvalue weighted by Crippen LogP contribution is -2.20. The minimum Gasteiger partial charge on any atom is -0.478 e. The van der Waals surface area contributed by atoms with Crippen molar-refractivity contribution in [3.63, 3.8) is 0 Å². The fourth-order valence-electron chi connectivity index (χ4n) is 4.46. The quantitative estimate of drug-likeness (QED) is 0.590. The van der Waals surface area contributed by atoms with Gasteiger partial charge in [0.1, 0.15) is 11.6 Å². The molecule has 1 aromatic heterocycles. The van der Waals surface area contributed by atoms with E-state index in [1.165, 1.54) is 0 Å². The molecule has 0 unspecified atom stereocenters. The number of benzene rings is 2. The van der Waals surface area contributed by atoms with Crippen molar-refractivity contribution in [2.45, 2.75) is 18.1 Å². The van der Waals surface area contributed by atoms with Gasteiger partial charge in [0.15, 0.2) is 9.84 Å². The first-order valence-corrected chi connectivity index (χ1v) is 12.7. The molecule has 2 heterocycles. The molecule has 1 aliphatic carbocycles. The molecule has 9 heteroatoms. The lowest BCUT2D eigenvalue weighted by atomic mass is 9.98. The predicted octanol–water partition coefficient (Wildman–Crippen LogP) is 4.28. The summed E-state index contributed by atoms with van der Waals surface area (Å²) in [6.45, 7) is 0.0989. The van der Waals surface area contributed by atoms with Crippen LogP contribution in [0.15, 0.2) is 48.5 Å². The summed E-state index contributed by atoms with van der Waals surface area (Å²) in [6, 6.07) is 15.9. The average Bonchev–Trinajstić information content (AvgIpc) is 3.26. The second-order valence-electron chi connectivity index (χ2n) is 7.81. The van der Waals surface area contributed by atoms with Crippen LogP contribution in [0.1, 0.15) is 37.8 Å². The minimum absolute atomic E-state index is 0.0478. The Morgan fingerprint density at radius 3 is 2.31 bits per heavy atom. The van der Waals surface area contributed by atoms with Gasteiger partial charge < -0.3 is 9.84 Å². The summed E-state index contributed by atoms with van der Waals surface area (Å²) >= 11 is 0.984. The van der Waals surface area contributed by atoms with E-state index in [9.17, 15) is 23.1 Å². The molecule has 32 heavy (non-hydrogen) atoms. The molecule has 3 aromatic rings. The molecule has 2 aliphatic rings. The number of aromatic carboxylic acids is 1. The van der Waals surface area contributed by atoms with Crippen LogP contribution in [-0.2, 0) is 26.7 Å². The largest absolute Gasteiger partial charge is 0.478 e. The highest BCUT2D eigenvalue weighted by molar-refractivity contribution is 7.90. The van der Waals surface area contributed by atoms with E-state index < -0.39 is 21.9 Å². The second-order valence-corrected chi connectivity index (χ2v) is 11.1. The molecule has 164 valence electrons. The summed E-state index contributed by atoms with van der Waals surface area (Å²) in [5.74, 6) is -1.62. The van der Waals surface area contributed by atoms with E-state index in [4.69, 9.17) is 4.74 Å². The monoisotopic (exact) mass is 469 g/mol. The molecule has 5 rings (SSSR count). The maximum Gasteiger partial charge on any atom is 0.412 e. The van der Waals surface area contributed by atoms with Gasteiger partial charge in [-0.15, -0.1) is 11.3 Å². The van der Waals surface area contributed by atoms with Crippen molar-refractivity contribution in [1.82, 2.24) is 0 Å². The third-order valence-electron chi connectivity index (χ3n) is 5.88. The molecular weight excluding hydrogens is 450 g/mol. The first-order valence-electron chi connectivity index (χ1n) is 10.0. The van der Waals surface area contributed by atoms with E-state index >= 15 is 0 Å². The highest BCUT2D eigenvalue weighted by Gasteiger charge is 2.32. The number of carbonyl (C=O) groups excluding carboxylic acids is 1. The number of carboxylic acids is 1. The van der Waals surface area contributed by atoms with Crippen molar-refractivity contribution >= 4 is 38.2 Å². The van der Waals surface area contributed by atoms with Gasteiger partial charge >= 0.3 is 12.1 Å². The fourth-order valence-corrected chi connectivity index (χ4v) is 7.49. The van der Waals surface area contributed by atoms with Crippen molar-refractivity contribution in [3.8, 4) is 11.1 Å². The SMILES string of the molecule is O=C(Nc1sc2c(c1C(=O)O)CCS(=O)(=O)C2)OCC1c2ccccc2-c2ccccc21. The number of anilines is 1. The molecule has 0 spiro atoms. The Balaban J connectivity index is 1.36. The van der Waals surface area contributed by atoms with Gasteiger partial charge in [0.2, 0.25) is 0 Å². The molecular formula is C23H19NO6S2. The van der Waals surface area contributed by atoms with Gasteiger partial charge in [-0.25, -0.2) is 18.0 Å². The summed E-state index contributed by atoms with van der Waals surface area (Å²) in [4.78, 5) is 24.8. The topological polar surface area (TPSA) is 110 Å². The van der Waals surface area contributed by atoms with E-state index in [0.29, 0.717) is 10.4 Å². The Hall–Kier alpha value is -3.17. The van der Waals surface area contributed by atoms with E-state index in [1.807, 2.05) is 48.5 Å². The molecule has 0 saturated carbocycles. The summed E-state index contributed by atoms with van der Waals surface area (Å²) in [7, 11) is -3.26. The summed E-state index contributed by atoms with van der Waals surface area (Å²) in [6.07, 6.45) is -0.641. The van der Waals surface area contributed by atoms with Gasteiger partial charge in [-0.2, -0.15) is 0 Å². The standard InChI is InChI=1S/C23H19NO6S2/c25-22(26)20-17-9-10-32(28,29)12-19(17)31-21(20)24-23(27)30-11-18-15-7-3-1-5-13(15)14-6-2-4-8-16(14)18/h1-8,18H,9-12H2,(H,24,27)(H,25,26). The van der Waals surface area contributed by atoms with E-state index in [-0.39, 0.29) is 41.0 Å². The zero-order valence-electron chi connectivity index (χ0n) is 16.8. The normalized spacial score (nSPS) is 16.0. The van der Waals surface area contributed by atoms with Crippen LogP contribution in [0.4, 0.5) is 9.80 Å². The lowest BCUT2D eigenvalue weighted by Gasteiger charge is -2.14. The number of carboxylic acid groups (broad SMARTS) is 1. The van der Waals surface area contributed by atoms with Gasteiger partial charge in [0.25, 0.3) is 0 Å². The molecule has 0 fully saturated rings. The van der Waals surface area contributed by atoms with Gasteiger partial charge in [-0.1, -0.05) is 48.5 Å². The third-order valence-corrected chi connectivity index (χ3v) is 8.76. The van der Waals surface area contributed by atoms with Crippen LogP contribution < -0.4 is 5.32 Å². The Morgan fingerprint density at radius 1 is 1.06 bits per heavy atom. The molecule has 0 atom stereocenters. The van der Waals surface area contributed by atoms with Crippen molar-refractivity contribution in [1.29, 1.82) is 0 Å². The van der Waals surface area contributed by atoms with Crippen molar-refractivity contribution in [3.05, 3.63) is 75.7 Å². The highest BCUT2D eigenvalue weighted by atomic mass is 32.2. The number of hydrogen-bond donors (Lipinski definition) is 2. The second kappa shape index (κ2) is 7.75. The number of amides is 1. The molecule has 0 saturated heterocycles. The fraction of sp³-hybridized carbons (Fsp3) is 0.217. The smallest absolute Gasteiger partial charge is 0.412 e. The molecule has 0 bridgehead atoms. The zero-order valence-corrected chi connectivity index (χ0v) is 18.5. The Bertz CT molecular complexity index is 1310. The van der Waals surface area contributed by atoms with Crippen LogP contribution in [0.5, 0.6) is 0 Å². The molecule has 7 nitrogen and oxygen atoms in total. The Morgan fingerprint density at radius 2 is 1.69 bits per heavy atom. The maximum atomic E-state index is 12.6. The van der Waals surface area contributed by atoms with Crippen molar-refractivity contribution < 1.29 is 27.9 Å². The van der Waals surface area contributed by atoms with Crippen LogP contribution in [0, 0.1) is 0 Å². The van der Waals surface area contributed by atoms with Crippen molar-refractivity contribution in [2.24, 2.45) is 0 Å². The molecule has 1 amide bonds. The Kier molecular flexibility index (Phi) is 5.02. The van der Waals surface area contributed by atoms with Crippen LogP contribution in [0.3, 0.4) is 0 Å². The number of rotatable bonds is 4. The minimum atomic E-state index is -3.26. The molecule has 2 aromatic carbocycles. The molecule has 2 N–H and O–H groups in total. The summed E-state index contributed by atoms with van der Waals surface area (Å²) in [5.41, 5.74) is 4.79. The van der Waals surface area contributed by atoms with Gasteiger partial charge in [-0.3, -0.25) is 5.32 Å². The van der Waals surface area contributed by atoms with Crippen LogP contribution >= 0.6 is 11.3 Å². The summed E-state index contributed by atoms with van der Waals surface area (Å²) in [5, 5.41) is 12.3. The maximum absolute atomic E-state index is 12.6. The zero-order chi connectivity index (χ0) is 22.5. The number of sulfone groups is 1. The number of thiophene rings is 1. The first kappa shape index (κ1) is 20.7. The predicted molar refractivity (Wildman–Crippen MR) is 121 cm³/mol. The number of nitrogens with one attached hydrogen (secondary N) is 1. The third kappa shape index (κ3) is 3.57. The summed E-state index contributed by atoms with van der Waals surface area (Å²) < 4.78 is 29.3. The number of ether oxygens (including phenoxy) is 1. The van der Waals surface area contributed by atoms with Crippen molar-refractivity contribution in [2.75, 3.05) is 17.7 Å². The van der Waals surface area contributed by atoms with Crippen LogP contribution in [-0.4, -0.2) is 37.9 Å². The lowest BCUT2D eigenvalue weighted by molar-refractivity contribution is 0.0697. The van der Waals surface area contributed by atoms with Gasteiger partial charge in [-0.05, 0) is 34.2 Å². The van der Waals surface area contributed by atoms with E-state index in [0.717, 1.165) is 33.6 Å². The number of fused-ring (bicyclic) bond motifs is 4. The van der Waals surface area contributed by atoms with E-state index in [2.05, 4.69) is 5.32 Å². The van der Waals surface area contributed by atoms with Gasteiger partial charge in [0.05, 0.1) is 17.1 Å². The molecule has 1 aliphatic heterocycles. The van der Waals surface area contributed by atoms with Crippen LogP contribution in [0.25, 0.3) is 11.1 Å². The Labute approximate surface area is 188 Å². The first-order chi connectivity index (χ1) is 15.3. The van der Waals surface area contributed by atoms with E-state index in [1.54, 1.807) is 0 Å². The van der Waals surface area contributed by atoms with Crippen LogP contribution in [0.2, 0.25) is 0 Å².